The first kappa shape index (κ1) is 90.3. The van der Waals surface area contributed by atoms with Crippen molar-refractivity contribution in [3.05, 3.63) is 65.9 Å². The molecule has 11 N–H and O–H groups in total. The molecule has 2 aromatic carbocycles. The van der Waals surface area contributed by atoms with E-state index in [0.29, 0.717) is 29.7 Å². The number of rotatable bonds is 54. The Balaban J connectivity index is 0.982. The van der Waals surface area contributed by atoms with Gasteiger partial charge in [-0.25, -0.2) is 0 Å². The van der Waals surface area contributed by atoms with Gasteiger partial charge in [0.1, 0.15) is 37.1 Å². The highest BCUT2D eigenvalue weighted by molar-refractivity contribution is 8.00. The van der Waals surface area contributed by atoms with Crippen LogP contribution in [0.2, 0.25) is 0 Å². The van der Waals surface area contributed by atoms with Crippen molar-refractivity contribution < 1.29 is 116 Å². The number of aromatic hydroxyl groups is 1. The summed E-state index contributed by atoms with van der Waals surface area (Å²) in [5.74, 6) is -11.6. The molecule has 2 saturated heterocycles. The molecule has 11 atom stereocenters. The molecule has 0 bridgehead atoms. The Labute approximate surface area is 633 Å². The number of carbonyl (C=O) groups excluding carboxylic acids is 12. The average molecular weight is 1540 g/mol. The second-order valence-electron chi connectivity index (χ2n) is 27.7. The van der Waals surface area contributed by atoms with Gasteiger partial charge in [-0.05, 0) is 86.6 Å². The number of fused-ring (bicyclic) bond motifs is 1. The number of methoxy groups -OCH3 is 1. The number of aliphatic carboxylic acids is 1. The number of hydrogen-bond acceptors (Lipinski definition) is 24. The van der Waals surface area contributed by atoms with E-state index < -0.39 is 144 Å². The maximum Gasteiger partial charge on any atom is 0.307 e. The summed E-state index contributed by atoms with van der Waals surface area (Å²) in [6.45, 7) is 9.15. The Bertz CT molecular complexity index is 3440. The van der Waals surface area contributed by atoms with E-state index >= 15 is 0 Å². The van der Waals surface area contributed by atoms with E-state index in [-0.39, 0.29) is 179 Å². The van der Waals surface area contributed by atoms with Gasteiger partial charge in [-0.1, -0.05) is 65.0 Å². The highest BCUT2D eigenvalue weighted by Gasteiger charge is 2.42. The molecular formula is C75H110N8O24S. The van der Waals surface area contributed by atoms with Crippen LogP contribution in [0.4, 0.5) is 0 Å². The summed E-state index contributed by atoms with van der Waals surface area (Å²) >= 11 is 1.25. The number of aliphatic hydroxyl groups is 3. The van der Waals surface area contributed by atoms with Crippen molar-refractivity contribution in [1.29, 1.82) is 0 Å². The molecule has 5 rings (SSSR count). The lowest BCUT2D eigenvalue weighted by molar-refractivity contribution is -0.194. The first-order valence-electron chi connectivity index (χ1n) is 36.9. The molecule has 0 radical (unpaired) electrons. The number of Topliss-reactive ketones (excluding diaryl/α,β-unsaturated/α-hetero) is 3. The monoisotopic (exact) mass is 1540 g/mol. The van der Waals surface area contributed by atoms with E-state index in [2.05, 4.69) is 31.6 Å². The first-order chi connectivity index (χ1) is 51.6. The number of carbonyl (C=O) groups is 13. The number of amides is 8. The number of benzene rings is 2. The lowest BCUT2D eigenvalue weighted by atomic mass is 9.86. The number of ether oxygens (including phenoxy) is 6. The fourth-order valence-electron chi connectivity index (χ4n) is 12.4. The molecule has 108 heavy (non-hydrogen) atoms. The van der Waals surface area contributed by atoms with Crippen LogP contribution in [-0.4, -0.2) is 263 Å². The van der Waals surface area contributed by atoms with Crippen molar-refractivity contribution in [1.82, 2.24) is 41.4 Å². The zero-order valence-electron chi connectivity index (χ0n) is 62.8. The standard InChI is InChI=1S/C75H110N8O24S/c1-8-54(41-84)107-68(102-7)44-106-67(94)17-11-16-64(91)76-23-26-83-66(93)39-63(74(83)99)108-32-31-103-27-22-65(92)77-24-28-104-29-30-105-43-53(88)35-49(33-45(2)3)70(95)81-69(47(6)86)62(90)38-56(46(4)5)71(96)80-59(42-85)73(98)82-25-12-15-60(82)72(97)79-58(36-51-40-78-57-14-10-9-13-55(51)57)61(89)37-50(75(100)101)34-48-18-20-52(87)21-19-48/h9-10,13-14,18-21,40,45-47,49-50,54,56,58-60,63,68-69,78,84-87H,8,11-12,15-17,22-39,41-44H2,1-7H3,(H,76,91)(H,77,92)(H,79,97)(H,80,96)(H,81,95)(H,100,101)/t47-,49-,50-,54?,56+,58?,59+,60+,63?,68?,69+/m1/s1. The van der Waals surface area contributed by atoms with E-state index in [0.717, 1.165) is 15.8 Å². The predicted molar refractivity (Wildman–Crippen MR) is 393 cm³/mol. The SMILES string of the molecule is CCC(CO)OC(COC(=O)CCCC(=O)NCCN1C(=O)CC(SCCOCCC(=O)NCCOCCOCC(=O)C[C@@H](CC(C)C)C(=O)N[C@H](C(=O)C[C@H](C(=O)N[C@@H](CO)C(=O)N2CCC[C@H]2C(=O)NC(Cc2c[nH]c3ccccc23)C(=O)C[C@@H](Cc2ccc(O)cc2)C(=O)O)C(C)C)[C@@H](C)O)C1=O)OC. The van der Waals surface area contributed by atoms with E-state index in [1.165, 1.54) is 42.8 Å². The third kappa shape index (κ3) is 30.6. The highest BCUT2D eigenvalue weighted by atomic mass is 32.2. The zero-order chi connectivity index (χ0) is 79.4. The molecule has 2 aliphatic rings. The van der Waals surface area contributed by atoms with Crippen LogP contribution in [0.15, 0.2) is 54.7 Å². The van der Waals surface area contributed by atoms with Crippen LogP contribution in [0.25, 0.3) is 10.9 Å². The van der Waals surface area contributed by atoms with Crippen LogP contribution in [0.1, 0.15) is 130 Å². The molecule has 0 saturated carbocycles. The Morgan fingerprint density at radius 3 is 2.12 bits per heavy atom. The van der Waals surface area contributed by atoms with E-state index in [1.54, 1.807) is 38.2 Å². The number of aromatic amines is 1. The Hall–Kier alpha value is -8.28. The molecule has 33 heteroatoms. The molecule has 2 fully saturated rings. The van der Waals surface area contributed by atoms with Crippen LogP contribution < -0.4 is 26.6 Å². The molecule has 600 valence electrons. The molecule has 3 heterocycles. The van der Waals surface area contributed by atoms with Crippen molar-refractivity contribution in [3.8, 4) is 5.75 Å². The number of imide groups is 1. The first-order valence-corrected chi connectivity index (χ1v) is 37.9. The number of carboxylic acid groups (broad SMARTS) is 1. The lowest BCUT2D eigenvalue weighted by Crippen LogP contribution is -2.57. The minimum atomic E-state index is -1.60. The van der Waals surface area contributed by atoms with Crippen LogP contribution in [0.3, 0.4) is 0 Å². The normalized spacial score (nSPS) is 17.0. The number of hydrogen-bond donors (Lipinski definition) is 11. The number of phenols is 1. The Morgan fingerprint density at radius 1 is 0.741 bits per heavy atom. The predicted octanol–water partition coefficient (Wildman–Crippen LogP) is 2.00. The molecule has 1 aromatic heterocycles. The molecule has 3 aromatic rings. The number of ketones is 3. The molecule has 32 nitrogen and oxygen atoms in total. The van der Waals surface area contributed by atoms with Crippen molar-refractivity contribution >= 4 is 99.2 Å². The number of phenolic OH excluding ortho intramolecular Hbond substituents is 1. The Kier molecular flexibility index (Phi) is 39.8. The summed E-state index contributed by atoms with van der Waals surface area (Å²) in [6.07, 6.45) is -0.946. The number of esters is 1. The van der Waals surface area contributed by atoms with Crippen molar-refractivity contribution in [2.24, 2.45) is 29.6 Å². The quantitative estimate of drug-likeness (QED) is 0.0167. The number of nitrogens with zero attached hydrogens (tertiary/aromatic N) is 2. The fraction of sp³-hybridized carbons (Fsp3) is 0.640. The average Bonchev–Trinajstić information content (AvgIpc) is 1.84. The van der Waals surface area contributed by atoms with Gasteiger partial charge in [0.25, 0.3) is 0 Å². The van der Waals surface area contributed by atoms with Gasteiger partial charge >= 0.3 is 11.9 Å². The molecule has 2 aliphatic heterocycles. The minimum absolute atomic E-state index is 0.00203. The highest BCUT2D eigenvalue weighted by Crippen LogP contribution is 2.28. The van der Waals surface area contributed by atoms with Gasteiger partial charge in [-0.15, -0.1) is 11.8 Å². The largest absolute Gasteiger partial charge is 0.508 e. The number of para-hydroxylation sites is 1. The molecular weight excluding hydrogens is 1430 g/mol. The van der Waals surface area contributed by atoms with Gasteiger partial charge < -0.3 is 90.4 Å². The minimum Gasteiger partial charge on any atom is -0.508 e. The summed E-state index contributed by atoms with van der Waals surface area (Å²) in [4.78, 5) is 179. The topological polar surface area (TPSA) is 461 Å². The summed E-state index contributed by atoms with van der Waals surface area (Å²) in [7, 11) is 1.38. The van der Waals surface area contributed by atoms with Crippen LogP contribution in [0.5, 0.6) is 5.75 Å². The second-order valence-corrected chi connectivity index (χ2v) is 29.0. The Morgan fingerprint density at radius 2 is 1.44 bits per heavy atom. The van der Waals surface area contributed by atoms with Crippen LogP contribution >= 0.6 is 11.8 Å². The van der Waals surface area contributed by atoms with Gasteiger partial charge in [-0.3, -0.25) is 67.2 Å². The molecule has 4 unspecified atom stereocenters. The van der Waals surface area contributed by atoms with E-state index in [9.17, 15) is 87.9 Å². The third-order valence-electron chi connectivity index (χ3n) is 18.5. The summed E-state index contributed by atoms with van der Waals surface area (Å²) < 4.78 is 32.4. The number of thioether (sulfide) groups is 1. The third-order valence-corrected chi connectivity index (χ3v) is 19.6. The van der Waals surface area contributed by atoms with Gasteiger partial charge in [0.15, 0.2) is 23.6 Å². The van der Waals surface area contributed by atoms with Crippen LogP contribution in [0, 0.1) is 29.6 Å². The number of carboxylic acids is 1. The number of aliphatic hydroxyl groups excluding tert-OH is 3. The zero-order valence-corrected chi connectivity index (χ0v) is 63.6. The second kappa shape index (κ2) is 47.6. The van der Waals surface area contributed by atoms with Gasteiger partial charge in [0.05, 0.1) is 75.7 Å². The maximum absolute atomic E-state index is 14.3. The van der Waals surface area contributed by atoms with Gasteiger partial charge in [0, 0.05) is 119 Å². The molecule has 8 amide bonds. The van der Waals surface area contributed by atoms with E-state index in [1.807, 2.05) is 39.0 Å². The summed E-state index contributed by atoms with van der Waals surface area (Å²) in [6, 6.07) is 7.67. The fourth-order valence-corrected chi connectivity index (χ4v) is 13.4. The number of nitrogens with one attached hydrogen (secondary N) is 6. The van der Waals surface area contributed by atoms with Gasteiger partial charge in [-0.2, -0.15) is 0 Å². The smallest absolute Gasteiger partial charge is 0.307 e. The number of aromatic nitrogens is 1. The maximum atomic E-state index is 14.3. The lowest BCUT2D eigenvalue weighted by Gasteiger charge is -2.31. The summed E-state index contributed by atoms with van der Waals surface area (Å²) in [5.41, 5.74) is 1.98. The van der Waals surface area contributed by atoms with Crippen molar-refractivity contribution in [2.45, 2.75) is 179 Å². The number of H-pyrrole nitrogens is 1. The number of likely N-dealkylation sites (tertiary alicyclic amines) is 2. The molecule has 0 aliphatic carbocycles. The summed E-state index contributed by atoms with van der Waals surface area (Å²) in [5, 5.41) is 64.2. The van der Waals surface area contributed by atoms with Crippen molar-refractivity contribution in [3.63, 3.8) is 0 Å². The van der Waals surface area contributed by atoms with Gasteiger partial charge in [0.2, 0.25) is 47.3 Å². The van der Waals surface area contributed by atoms with E-state index in [4.69, 9.17) is 28.4 Å². The van der Waals surface area contributed by atoms with Crippen LogP contribution in [-0.2, 0) is 104 Å². The molecule has 0 spiro atoms. The van der Waals surface area contributed by atoms with Crippen molar-refractivity contribution in [2.75, 3.05) is 98.5 Å².